The second-order valence-corrected chi connectivity index (χ2v) is 4.00. The van der Waals surface area contributed by atoms with Crippen molar-refractivity contribution in [1.82, 2.24) is 9.78 Å². The van der Waals surface area contributed by atoms with Crippen LogP contribution in [0.3, 0.4) is 0 Å². The molecule has 6 heteroatoms. The maximum atomic E-state index is 11.6. The van der Waals surface area contributed by atoms with Gasteiger partial charge in [0, 0.05) is 4.90 Å². The van der Waals surface area contributed by atoms with Crippen LogP contribution >= 0.6 is 11.8 Å². The molecule has 0 saturated heterocycles. The fourth-order valence-corrected chi connectivity index (χ4v) is 1.98. The Morgan fingerprint density at radius 3 is 2.94 bits per heavy atom. The molecule has 0 unspecified atom stereocenters. The Balaban J connectivity index is 2.49. The van der Waals surface area contributed by atoms with Gasteiger partial charge in [-0.1, -0.05) is 17.2 Å². The van der Waals surface area contributed by atoms with Gasteiger partial charge in [0.1, 0.15) is 0 Å². The van der Waals surface area contributed by atoms with E-state index in [9.17, 15) is 4.79 Å². The molecular formula is C11H12N2O3S. The third-order valence-corrected chi connectivity index (χ3v) is 2.90. The maximum Gasteiger partial charge on any atom is 0.444 e. The number of benzene rings is 1. The zero-order valence-electron chi connectivity index (χ0n) is 9.54. The molecule has 2 aromatic rings. The maximum absolute atomic E-state index is 11.6. The van der Waals surface area contributed by atoms with Crippen molar-refractivity contribution in [2.24, 2.45) is 0 Å². The third kappa shape index (κ3) is 2.36. The van der Waals surface area contributed by atoms with Crippen molar-refractivity contribution in [2.75, 3.05) is 12.9 Å². The number of nitrogens with zero attached hydrogens (tertiary/aromatic N) is 2. The van der Waals surface area contributed by atoms with Gasteiger partial charge < -0.3 is 9.15 Å². The highest BCUT2D eigenvalue weighted by Crippen LogP contribution is 2.22. The molecule has 0 aliphatic rings. The van der Waals surface area contributed by atoms with E-state index in [2.05, 4.69) is 5.10 Å². The molecule has 0 saturated carbocycles. The summed E-state index contributed by atoms with van der Waals surface area (Å²) in [5.41, 5.74) is 0.694. The number of aromatic nitrogens is 2. The Labute approximate surface area is 102 Å². The van der Waals surface area contributed by atoms with Crippen LogP contribution in [0.4, 0.5) is 0 Å². The van der Waals surface area contributed by atoms with Crippen LogP contribution in [-0.4, -0.2) is 22.6 Å². The van der Waals surface area contributed by atoms with Gasteiger partial charge in [0.25, 0.3) is 0 Å². The molecule has 1 aromatic carbocycles. The van der Waals surface area contributed by atoms with E-state index < -0.39 is 5.76 Å². The summed E-state index contributed by atoms with van der Waals surface area (Å²) >= 11 is 1.54. The van der Waals surface area contributed by atoms with E-state index in [1.165, 1.54) is 16.4 Å². The van der Waals surface area contributed by atoms with Gasteiger partial charge in [-0.3, -0.25) is 0 Å². The monoisotopic (exact) mass is 252 g/mol. The summed E-state index contributed by atoms with van der Waals surface area (Å²) in [5, 5.41) is 3.98. The standard InChI is InChI=1S/C11H12N2O3S/c1-3-15-10-12-13(11(14)16-10)8-6-4-5-7-9(8)17-2/h4-7H,3H2,1-2H3. The van der Waals surface area contributed by atoms with Gasteiger partial charge in [-0.2, -0.15) is 4.68 Å². The molecule has 0 atom stereocenters. The van der Waals surface area contributed by atoms with E-state index in [0.717, 1.165) is 4.90 Å². The van der Waals surface area contributed by atoms with Crippen molar-refractivity contribution in [1.29, 1.82) is 0 Å². The van der Waals surface area contributed by atoms with Gasteiger partial charge >= 0.3 is 11.8 Å². The Bertz CT molecular complexity index is 562. The van der Waals surface area contributed by atoms with Gasteiger partial charge in [0.2, 0.25) is 0 Å². The Morgan fingerprint density at radius 1 is 1.47 bits per heavy atom. The van der Waals surface area contributed by atoms with Gasteiger partial charge in [0.05, 0.1) is 12.3 Å². The molecule has 0 amide bonds. The fourth-order valence-electron chi connectivity index (χ4n) is 1.40. The Morgan fingerprint density at radius 2 is 2.24 bits per heavy atom. The molecule has 0 radical (unpaired) electrons. The Hall–Kier alpha value is -1.69. The first kappa shape index (κ1) is 11.8. The molecule has 0 N–H and O–H groups in total. The smallest absolute Gasteiger partial charge is 0.444 e. The summed E-state index contributed by atoms with van der Waals surface area (Å²) in [6.07, 6.45) is 1.93. The lowest BCUT2D eigenvalue weighted by Crippen LogP contribution is -2.14. The second-order valence-electron chi connectivity index (χ2n) is 3.15. The molecule has 17 heavy (non-hydrogen) atoms. The lowest BCUT2D eigenvalue weighted by Gasteiger charge is -2.03. The average Bonchev–Trinajstić information content (AvgIpc) is 2.70. The van der Waals surface area contributed by atoms with Crippen LogP contribution in [0.2, 0.25) is 0 Å². The molecule has 0 bridgehead atoms. The fraction of sp³-hybridized carbons (Fsp3) is 0.273. The van der Waals surface area contributed by atoms with E-state index in [1.807, 2.05) is 30.5 Å². The molecule has 0 aliphatic heterocycles. The van der Waals surface area contributed by atoms with E-state index in [-0.39, 0.29) is 6.08 Å². The van der Waals surface area contributed by atoms with Crippen molar-refractivity contribution >= 4 is 11.8 Å². The van der Waals surface area contributed by atoms with Crippen LogP contribution in [-0.2, 0) is 0 Å². The highest BCUT2D eigenvalue weighted by atomic mass is 32.2. The normalized spacial score (nSPS) is 10.5. The number of hydrogen-bond donors (Lipinski definition) is 0. The molecule has 5 nitrogen and oxygen atoms in total. The number of hydrogen-bond acceptors (Lipinski definition) is 5. The van der Waals surface area contributed by atoms with Crippen LogP contribution in [0.1, 0.15) is 6.92 Å². The van der Waals surface area contributed by atoms with Crippen molar-refractivity contribution < 1.29 is 9.15 Å². The van der Waals surface area contributed by atoms with Crippen LogP contribution in [0.15, 0.2) is 38.4 Å². The molecule has 2 rings (SSSR count). The van der Waals surface area contributed by atoms with Crippen molar-refractivity contribution in [3.63, 3.8) is 0 Å². The van der Waals surface area contributed by atoms with Gasteiger partial charge in [-0.15, -0.1) is 11.8 Å². The predicted molar refractivity (Wildman–Crippen MR) is 65.1 cm³/mol. The second kappa shape index (κ2) is 5.09. The molecule has 1 heterocycles. The van der Waals surface area contributed by atoms with Crippen molar-refractivity contribution in [3.8, 4) is 11.8 Å². The summed E-state index contributed by atoms with van der Waals surface area (Å²) in [6, 6.07) is 7.48. The first-order chi connectivity index (χ1) is 8.26. The highest BCUT2D eigenvalue weighted by molar-refractivity contribution is 7.98. The molecule has 0 aliphatic carbocycles. The number of ether oxygens (including phenoxy) is 1. The van der Waals surface area contributed by atoms with Crippen LogP contribution in [0.5, 0.6) is 6.08 Å². The quantitative estimate of drug-likeness (QED) is 0.778. The van der Waals surface area contributed by atoms with E-state index in [4.69, 9.17) is 9.15 Å². The minimum atomic E-state index is -0.546. The zero-order chi connectivity index (χ0) is 12.3. The van der Waals surface area contributed by atoms with E-state index in [1.54, 1.807) is 6.92 Å². The van der Waals surface area contributed by atoms with Gasteiger partial charge in [0.15, 0.2) is 0 Å². The van der Waals surface area contributed by atoms with E-state index >= 15 is 0 Å². The van der Waals surface area contributed by atoms with Crippen molar-refractivity contribution in [3.05, 3.63) is 34.8 Å². The van der Waals surface area contributed by atoms with Crippen molar-refractivity contribution in [2.45, 2.75) is 11.8 Å². The third-order valence-electron chi connectivity index (χ3n) is 2.11. The summed E-state index contributed by atoms with van der Waals surface area (Å²) in [6.45, 7) is 2.21. The topological polar surface area (TPSA) is 57.3 Å². The lowest BCUT2D eigenvalue weighted by molar-refractivity contribution is 0.238. The number of thioether (sulfide) groups is 1. The van der Waals surface area contributed by atoms with E-state index in [0.29, 0.717) is 12.3 Å². The highest BCUT2D eigenvalue weighted by Gasteiger charge is 2.12. The van der Waals surface area contributed by atoms with Crippen LogP contribution in [0, 0.1) is 0 Å². The molecule has 0 fully saturated rings. The minimum Gasteiger partial charge on any atom is -0.449 e. The SMILES string of the molecule is CCOc1nn(-c2ccccc2SC)c(=O)o1. The zero-order valence-corrected chi connectivity index (χ0v) is 10.4. The molecule has 0 spiro atoms. The number of para-hydroxylation sites is 1. The van der Waals surface area contributed by atoms with Gasteiger partial charge in [-0.25, -0.2) is 4.79 Å². The number of rotatable bonds is 4. The minimum absolute atomic E-state index is 0.00611. The summed E-state index contributed by atoms with van der Waals surface area (Å²) in [7, 11) is 0. The van der Waals surface area contributed by atoms with Crippen LogP contribution in [0.25, 0.3) is 5.69 Å². The molecule has 90 valence electrons. The Kier molecular flexibility index (Phi) is 3.53. The molecular weight excluding hydrogens is 240 g/mol. The summed E-state index contributed by atoms with van der Waals surface area (Å²) in [4.78, 5) is 12.6. The summed E-state index contributed by atoms with van der Waals surface area (Å²) < 4.78 is 11.1. The summed E-state index contributed by atoms with van der Waals surface area (Å²) in [5.74, 6) is -0.546. The predicted octanol–water partition coefficient (Wildman–Crippen LogP) is 1.95. The average molecular weight is 252 g/mol. The van der Waals surface area contributed by atoms with Crippen LogP contribution < -0.4 is 10.5 Å². The molecule has 1 aromatic heterocycles. The first-order valence-electron chi connectivity index (χ1n) is 5.12. The van der Waals surface area contributed by atoms with Gasteiger partial charge in [-0.05, 0) is 25.3 Å². The lowest BCUT2D eigenvalue weighted by atomic mass is 10.3. The largest absolute Gasteiger partial charge is 0.449 e. The first-order valence-corrected chi connectivity index (χ1v) is 6.35.